The van der Waals surface area contributed by atoms with Crippen LogP contribution < -0.4 is 5.32 Å². The van der Waals surface area contributed by atoms with Gasteiger partial charge >= 0.3 is 0 Å². The molecule has 0 aliphatic heterocycles. The molecule has 108 valence electrons. The van der Waals surface area contributed by atoms with Crippen LogP contribution in [0, 0.1) is 19.3 Å². The number of ether oxygens (including phenoxy) is 1. The lowest BCUT2D eigenvalue weighted by molar-refractivity contribution is -0.0352. The fourth-order valence-corrected chi connectivity index (χ4v) is 2.61. The molecule has 19 heavy (non-hydrogen) atoms. The van der Waals surface area contributed by atoms with Gasteiger partial charge < -0.3 is 10.1 Å². The average molecular weight is 263 g/mol. The highest BCUT2D eigenvalue weighted by atomic mass is 16.5. The minimum atomic E-state index is 0.0971. The Bertz CT molecular complexity index is 406. The van der Waals surface area contributed by atoms with Crippen molar-refractivity contribution < 1.29 is 4.74 Å². The number of rotatable bonds is 5. The Hall–Kier alpha value is -0.860. The van der Waals surface area contributed by atoms with Crippen LogP contribution in [0.5, 0.6) is 0 Å². The van der Waals surface area contributed by atoms with Crippen LogP contribution in [-0.2, 0) is 4.74 Å². The van der Waals surface area contributed by atoms with Crippen molar-refractivity contribution in [1.82, 2.24) is 5.32 Å². The Morgan fingerprint density at radius 3 is 2.32 bits per heavy atom. The van der Waals surface area contributed by atoms with Gasteiger partial charge in [0, 0.05) is 6.61 Å². The molecule has 0 amide bonds. The molecule has 2 unspecified atom stereocenters. The van der Waals surface area contributed by atoms with E-state index in [1.807, 2.05) is 7.05 Å². The second kappa shape index (κ2) is 6.53. The van der Waals surface area contributed by atoms with Gasteiger partial charge in [0.1, 0.15) is 0 Å². The first-order chi connectivity index (χ1) is 8.82. The molecule has 0 spiro atoms. The molecule has 2 nitrogen and oxygen atoms in total. The standard InChI is InChI=1S/C17H29NO/c1-8-19-16(17(4,5)6)15(18-7)14-11-9-10-12(2)13(14)3/h9-11,15-16,18H,8H2,1-7H3. The highest BCUT2D eigenvalue weighted by Gasteiger charge is 2.33. The quantitative estimate of drug-likeness (QED) is 0.866. The number of likely N-dealkylation sites (N-methyl/N-ethyl adjacent to an activating group) is 1. The molecule has 2 heteroatoms. The van der Waals surface area contributed by atoms with Crippen molar-refractivity contribution in [2.45, 2.75) is 53.7 Å². The molecule has 1 aromatic carbocycles. The van der Waals surface area contributed by atoms with Crippen LogP contribution in [0.4, 0.5) is 0 Å². The first-order valence-corrected chi connectivity index (χ1v) is 7.17. The lowest BCUT2D eigenvalue weighted by atomic mass is 9.80. The molecule has 0 bridgehead atoms. The van der Waals surface area contributed by atoms with E-state index < -0.39 is 0 Å². The molecule has 0 aromatic heterocycles. The molecule has 0 fully saturated rings. The monoisotopic (exact) mass is 263 g/mol. The van der Waals surface area contributed by atoms with Gasteiger partial charge in [0.15, 0.2) is 0 Å². The van der Waals surface area contributed by atoms with Crippen LogP contribution >= 0.6 is 0 Å². The van der Waals surface area contributed by atoms with E-state index in [-0.39, 0.29) is 17.6 Å². The first-order valence-electron chi connectivity index (χ1n) is 7.17. The molecule has 0 radical (unpaired) electrons. The van der Waals surface area contributed by atoms with Crippen molar-refractivity contribution in [1.29, 1.82) is 0 Å². The molecule has 1 aromatic rings. The maximum atomic E-state index is 6.05. The van der Waals surface area contributed by atoms with Crippen LogP contribution in [0.1, 0.15) is 50.4 Å². The lowest BCUT2D eigenvalue weighted by Crippen LogP contribution is -2.41. The van der Waals surface area contributed by atoms with E-state index in [2.05, 4.69) is 65.1 Å². The van der Waals surface area contributed by atoms with Gasteiger partial charge in [0.2, 0.25) is 0 Å². The summed E-state index contributed by atoms with van der Waals surface area (Å²) in [6, 6.07) is 6.73. The summed E-state index contributed by atoms with van der Waals surface area (Å²) < 4.78 is 6.05. The summed E-state index contributed by atoms with van der Waals surface area (Å²) in [4.78, 5) is 0. The predicted molar refractivity (Wildman–Crippen MR) is 82.6 cm³/mol. The molecule has 1 rings (SSSR count). The minimum Gasteiger partial charge on any atom is -0.376 e. The zero-order valence-electron chi connectivity index (χ0n) is 13.5. The third-order valence-corrected chi connectivity index (χ3v) is 3.80. The van der Waals surface area contributed by atoms with E-state index in [1.165, 1.54) is 16.7 Å². The smallest absolute Gasteiger partial charge is 0.0817 e. The van der Waals surface area contributed by atoms with Crippen molar-refractivity contribution in [3.63, 3.8) is 0 Å². The van der Waals surface area contributed by atoms with Gasteiger partial charge in [-0.1, -0.05) is 39.0 Å². The Labute approximate surface area is 118 Å². The van der Waals surface area contributed by atoms with Crippen molar-refractivity contribution >= 4 is 0 Å². The fraction of sp³-hybridized carbons (Fsp3) is 0.647. The Kier molecular flexibility index (Phi) is 5.57. The molecule has 2 atom stereocenters. The van der Waals surface area contributed by atoms with E-state index in [0.29, 0.717) is 0 Å². The van der Waals surface area contributed by atoms with Gasteiger partial charge in [-0.2, -0.15) is 0 Å². The van der Waals surface area contributed by atoms with Gasteiger partial charge in [-0.25, -0.2) is 0 Å². The molecule has 0 saturated heterocycles. The minimum absolute atomic E-state index is 0.0971. The highest BCUT2D eigenvalue weighted by Crippen LogP contribution is 2.34. The normalized spacial score (nSPS) is 15.3. The lowest BCUT2D eigenvalue weighted by Gasteiger charge is -2.37. The summed E-state index contributed by atoms with van der Waals surface area (Å²) in [5, 5.41) is 3.45. The molecular formula is C17H29NO. The molecular weight excluding hydrogens is 234 g/mol. The fourth-order valence-electron chi connectivity index (χ4n) is 2.61. The summed E-state index contributed by atoms with van der Waals surface area (Å²) in [5.41, 5.74) is 4.13. The van der Waals surface area contributed by atoms with Crippen LogP contribution in [0.15, 0.2) is 18.2 Å². The van der Waals surface area contributed by atoms with E-state index in [9.17, 15) is 0 Å². The molecule has 0 saturated carbocycles. The van der Waals surface area contributed by atoms with E-state index in [1.54, 1.807) is 0 Å². The molecule has 0 aliphatic rings. The summed E-state index contributed by atoms with van der Waals surface area (Å²) in [6.07, 6.45) is 0.156. The number of nitrogens with one attached hydrogen (secondary N) is 1. The van der Waals surface area contributed by atoms with Gasteiger partial charge in [-0.05, 0) is 49.9 Å². The largest absolute Gasteiger partial charge is 0.376 e. The van der Waals surface area contributed by atoms with E-state index in [4.69, 9.17) is 4.74 Å². The van der Waals surface area contributed by atoms with Crippen molar-refractivity contribution in [3.8, 4) is 0 Å². The van der Waals surface area contributed by atoms with Gasteiger partial charge in [-0.15, -0.1) is 0 Å². The third kappa shape index (κ3) is 3.80. The number of hydrogen-bond donors (Lipinski definition) is 1. The first kappa shape index (κ1) is 16.2. The summed E-state index contributed by atoms with van der Waals surface area (Å²) in [6.45, 7) is 13.9. The third-order valence-electron chi connectivity index (χ3n) is 3.80. The molecule has 0 aliphatic carbocycles. The topological polar surface area (TPSA) is 21.3 Å². The summed E-state index contributed by atoms with van der Waals surface area (Å²) in [5.74, 6) is 0. The van der Waals surface area contributed by atoms with Gasteiger partial charge in [0.05, 0.1) is 12.1 Å². The van der Waals surface area contributed by atoms with E-state index >= 15 is 0 Å². The zero-order chi connectivity index (χ0) is 14.6. The van der Waals surface area contributed by atoms with Crippen LogP contribution in [0.25, 0.3) is 0 Å². The Balaban J connectivity index is 3.20. The van der Waals surface area contributed by atoms with Crippen molar-refractivity contribution in [2.75, 3.05) is 13.7 Å². The van der Waals surface area contributed by atoms with Crippen LogP contribution in [-0.4, -0.2) is 19.8 Å². The highest BCUT2D eigenvalue weighted by molar-refractivity contribution is 5.36. The molecule has 1 N–H and O–H groups in total. The van der Waals surface area contributed by atoms with Crippen LogP contribution in [0.3, 0.4) is 0 Å². The second-order valence-corrected chi connectivity index (χ2v) is 6.30. The predicted octanol–water partition coefficient (Wildman–Crippen LogP) is 4.02. The van der Waals surface area contributed by atoms with Gasteiger partial charge in [-0.3, -0.25) is 0 Å². The number of aryl methyl sites for hydroxylation is 1. The molecule has 0 heterocycles. The van der Waals surface area contributed by atoms with E-state index in [0.717, 1.165) is 6.61 Å². The maximum Gasteiger partial charge on any atom is 0.0817 e. The zero-order valence-corrected chi connectivity index (χ0v) is 13.5. The Morgan fingerprint density at radius 2 is 1.84 bits per heavy atom. The summed E-state index contributed by atoms with van der Waals surface area (Å²) >= 11 is 0. The van der Waals surface area contributed by atoms with Crippen molar-refractivity contribution in [3.05, 3.63) is 34.9 Å². The van der Waals surface area contributed by atoms with Gasteiger partial charge in [0.25, 0.3) is 0 Å². The van der Waals surface area contributed by atoms with Crippen molar-refractivity contribution in [2.24, 2.45) is 5.41 Å². The number of hydrogen-bond acceptors (Lipinski definition) is 2. The number of benzene rings is 1. The summed E-state index contributed by atoms with van der Waals surface area (Å²) in [7, 11) is 2.02. The SMILES string of the molecule is CCOC(C(NC)c1cccc(C)c1C)C(C)(C)C. The maximum absolute atomic E-state index is 6.05. The van der Waals surface area contributed by atoms with Crippen LogP contribution in [0.2, 0.25) is 0 Å². The second-order valence-electron chi connectivity index (χ2n) is 6.30. The average Bonchev–Trinajstić information content (AvgIpc) is 2.33. The Morgan fingerprint density at radius 1 is 1.21 bits per heavy atom.